The highest BCUT2D eigenvalue weighted by Gasteiger charge is 2.11. The van der Waals surface area contributed by atoms with Gasteiger partial charge in [0.2, 0.25) is 0 Å². The molecule has 3 rings (SSSR count). The van der Waals surface area contributed by atoms with Crippen molar-refractivity contribution in [2.24, 2.45) is 5.10 Å². The molecule has 150 valence electrons. The normalized spacial score (nSPS) is 10.9. The van der Waals surface area contributed by atoms with Gasteiger partial charge >= 0.3 is 0 Å². The Bertz CT molecular complexity index is 995. The summed E-state index contributed by atoms with van der Waals surface area (Å²) in [7, 11) is 1.62. The Kier molecular flexibility index (Phi) is 7.98. The zero-order valence-electron chi connectivity index (χ0n) is 15.7. The van der Waals surface area contributed by atoms with Crippen LogP contribution in [0.3, 0.4) is 0 Å². The molecule has 4 nitrogen and oxygen atoms in total. The molecule has 0 aliphatic heterocycles. The first-order chi connectivity index (χ1) is 14.1. The number of benzene rings is 3. The van der Waals surface area contributed by atoms with Crippen LogP contribution >= 0.6 is 43.5 Å². The highest BCUT2D eigenvalue weighted by Crippen LogP contribution is 2.37. The van der Waals surface area contributed by atoms with Gasteiger partial charge in [-0.15, -0.1) is 0 Å². The second-order valence-electron chi connectivity index (χ2n) is 6.13. The Morgan fingerprint density at radius 3 is 2.55 bits per heavy atom. The summed E-state index contributed by atoms with van der Waals surface area (Å²) in [6, 6.07) is 19.5. The monoisotopic (exact) mass is 536 g/mol. The van der Waals surface area contributed by atoms with Gasteiger partial charge in [-0.05, 0) is 63.0 Å². The molecule has 0 aromatic heterocycles. The fourth-order valence-electron chi connectivity index (χ4n) is 2.58. The summed E-state index contributed by atoms with van der Waals surface area (Å²) in [5.41, 5.74) is 5.93. The molecule has 0 saturated heterocycles. The quantitative estimate of drug-likeness (QED) is 0.260. The van der Waals surface area contributed by atoms with Crippen LogP contribution in [0.25, 0.3) is 0 Å². The van der Waals surface area contributed by atoms with Crippen LogP contribution in [-0.2, 0) is 13.2 Å². The SMILES string of the molecule is COc1cc(/C=N\NCc2ccccc2Cl)cc(Br)c1OCc1ccc(Br)cc1. The molecule has 0 bridgehead atoms. The third kappa shape index (κ3) is 6.23. The van der Waals surface area contributed by atoms with Crippen molar-refractivity contribution < 1.29 is 9.47 Å². The molecular formula is C22H19Br2ClN2O2. The maximum Gasteiger partial charge on any atom is 0.175 e. The van der Waals surface area contributed by atoms with Crippen LogP contribution in [0.2, 0.25) is 5.02 Å². The molecule has 0 saturated carbocycles. The topological polar surface area (TPSA) is 42.8 Å². The summed E-state index contributed by atoms with van der Waals surface area (Å²) < 4.78 is 13.3. The van der Waals surface area contributed by atoms with Gasteiger partial charge in [-0.3, -0.25) is 0 Å². The third-order valence-corrected chi connectivity index (χ3v) is 5.57. The highest BCUT2D eigenvalue weighted by molar-refractivity contribution is 9.10. The second-order valence-corrected chi connectivity index (χ2v) is 8.31. The van der Waals surface area contributed by atoms with E-state index in [4.69, 9.17) is 21.1 Å². The van der Waals surface area contributed by atoms with Crippen LogP contribution in [-0.4, -0.2) is 13.3 Å². The van der Waals surface area contributed by atoms with Gasteiger partial charge in [-0.1, -0.05) is 57.9 Å². The number of halogens is 3. The molecule has 0 atom stereocenters. The Morgan fingerprint density at radius 1 is 1.07 bits per heavy atom. The van der Waals surface area contributed by atoms with E-state index in [1.54, 1.807) is 13.3 Å². The maximum absolute atomic E-state index is 6.15. The summed E-state index contributed by atoms with van der Waals surface area (Å²) in [5, 5.41) is 4.99. The number of hydrogen-bond donors (Lipinski definition) is 1. The predicted octanol–water partition coefficient (Wildman–Crippen LogP) is 6.58. The number of hydrogen-bond acceptors (Lipinski definition) is 4. The summed E-state index contributed by atoms with van der Waals surface area (Å²) in [5.74, 6) is 1.28. The Hall–Kier alpha value is -2.02. The van der Waals surface area contributed by atoms with Crippen LogP contribution in [0.4, 0.5) is 0 Å². The number of ether oxygens (including phenoxy) is 2. The van der Waals surface area contributed by atoms with E-state index in [9.17, 15) is 0 Å². The molecule has 0 spiro atoms. The van der Waals surface area contributed by atoms with Gasteiger partial charge < -0.3 is 14.9 Å². The zero-order chi connectivity index (χ0) is 20.6. The molecule has 3 aromatic carbocycles. The Morgan fingerprint density at radius 2 is 1.83 bits per heavy atom. The molecule has 29 heavy (non-hydrogen) atoms. The Balaban J connectivity index is 1.65. The van der Waals surface area contributed by atoms with E-state index in [0.29, 0.717) is 29.7 Å². The first-order valence-corrected chi connectivity index (χ1v) is 10.8. The van der Waals surface area contributed by atoms with Gasteiger partial charge in [0.1, 0.15) is 6.61 Å². The van der Waals surface area contributed by atoms with E-state index < -0.39 is 0 Å². The molecule has 0 radical (unpaired) electrons. The minimum atomic E-state index is 0.440. The molecule has 7 heteroatoms. The predicted molar refractivity (Wildman–Crippen MR) is 125 cm³/mol. The van der Waals surface area contributed by atoms with Crippen LogP contribution in [0.15, 0.2) is 74.7 Å². The molecule has 1 N–H and O–H groups in total. The van der Waals surface area contributed by atoms with Crippen LogP contribution in [0.5, 0.6) is 11.5 Å². The van der Waals surface area contributed by atoms with Crippen molar-refractivity contribution in [1.29, 1.82) is 0 Å². The lowest BCUT2D eigenvalue weighted by Gasteiger charge is -2.13. The van der Waals surface area contributed by atoms with Crippen LogP contribution in [0, 0.1) is 0 Å². The standard InChI is InChI=1S/C22H19Br2ClN2O2/c1-28-21-11-16(12-26-27-13-17-4-2-3-5-20(17)25)10-19(24)22(21)29-14-15-6-8-18(23)9-7-15/h2-12,27H,13-14H2,1H3/b26-12-. The van der Waals surface area contributed by atoms with Gasteiger partial charge in [0.05, 0.1) is 24.3 Å². The molecule has 0 unspecified atom stereocenters. The zero-order valence-corrected chi connectivity index (χ0v) is 19.6. The van der Waals surface area contributed by atoms with E-state index in [1.165, 1.54) is 0 Å². The molecule has 3 aromatic rings. The van der Waals surface area contributed by atoms with E-state index in [-0.39, 0.29) is 0 Å². The highest BCUT2D eigenvalue weighted by atomic mass is 79.9. The third-order valence-electron chi connectivity index (χ3n) is 4.08. The van der Waals surface area contributed by atoms with Crippen molar-refractivity contribution in [2.75, 3.05) is 7.11 Å². The van der Waals surface area contributed by atoms with Gasteiger partial charge in [0.15, 0.2) is 11.5 Å². The average Bonchev–Trinajstić information content (AvgIpc) is 2.72. The van der Waals surface area contributed by atoms with Gasteiger partial charge in [0, 0.05) is 9.50 Å². The summed E-state index contributed by atoms with van der Waals surface area (Å²) in [4.78, 5) is 0. The largest absolute Gasteiger partial charge is 0.493 e. The minimum absolute atomic E-state index is 0.440. The molecule has 0 fully saturated rings. The lowest BCUT2D eigenvalue weighted by atomic mass is 10.2. The van der Waals surface area contributed by atoms with Crippen LogP contribution in [0.1, 0.15) is 16.7 Å². The average molecular weight is 539 g/mol. The number of rotatable bonds is 8. The molecule has 0 heterocycles. The van der Waals surface area contributed by atoms with Crippen molar-refractivity contribution in [3.8, 4) is 11.5 Å². The summed E-state index contributed by atoms with van der Waals surface area (Å²) in [6.07, 6.45) is 1.72. The number of nitrogens with zero attached hydrogens (tertiary/aromatic N) is 1. The van der Waals surface area contributed by atoms with E-state index in [2.05, 4.69) is 42.4 Å². The summed E-state index contributed by atoms with van der Waals surface area (Å²) >= 11 is 13.1. The maximum atomic E-state index is 6.15. The minimum Gasteiger partial charge on any atom is -0.493 e. The van der Waals surface area contributed by atoms with Gasteiger partial charge in [-0.2, -0.15) is 5.10 Å². The fraction of sp³-hybridized carbons (Fsp3) is 0.136. The number of hydrazone groups is 1. The lowest BCUT2D eigenvalue weighted by Crippen LogP contribution is -2.06. The summed E-state index contributed by atoms with van der Waals surface area (Å²) in [6.45, 7) is 0.984. The van der Waals surface area contributed by atoms with E-state index in [1.807, 2.05) is 60.7 Å². The van der Waals surface area contributed by atoms with Crippen molar-refractivity contribution >= 4 is 49.7 Å². The van der Waals surface area contributed by atoms with Crippen molar-refractivity contribution in [3.05, 3.63) is 91.3 Å². The first-order valence-electron chi connectivity index (χ1n) is 8.81. The number of nitrogens with one attached hydrogen (secondary N) is 1. The molecule has 0 aliphatic carbocycles. The smallest absolute Gasteiger partial charge is 0.175 e. The van der Waals surface area contributed by atoms with E-state index in [0.717, 1.165) is 25.6 Å². The van der Waals surface area contributed by atoms with Crippen molar-refractivity contribution in [1.82, 2.24) is 5.43 Å². The van der Waals surface area contributed by atoms with E-state index >= 15 is 0 Å². The van der Waals surface area contributed by atoms with Crippen molar-refractivity contribution in [3.63, 3.8) is 0 Å². The number of methoxy groups -OCH3 is 1. The Labute approximate surface area is 192 Å². The second kappa shape index (κ2) is 10.7. The van der Waals surface area contributed by atoms with Gasteiger partial charge in [0.25, 0.3) is 0 Å². The molecule has 0 aliphatic rings. The fourth-order valence-corrected chi connectivity index (χ4v) is 3.62. The van der Waals surface area contributed by atoms with Crippen molar-refractivity contribution in [2.45, 2.75) is 13.2 Å². The first kappa shape index (κ1) is 21.7. The van der Waals surface area contributed by atoms with Crippen LogP contribution < -0.4 is 14.9 Å². The molecule has 0 amide bonds. The van der Waals surface area contributed by atoms with Gasteiger partial charge in [-0.25, -0.2) is 0 Å². The molecular weight excluding hydrogens is 520 g/mol. The lowest BCUT2D eigenvalue weighted by molar-refractivity contribution is 0.282.